The van der Waals surface area contributed by atoms with Crippen LogP contribution in [0, 0.1) is 0 Å². The number of carbonyl (C=O) groups excluding carboxylic acids is 2. The molecule has 0 spiro atoms. The van der Waals surface area contributed by atoms with Gasteiger partial charge in [-0.05, 0) is 18.2 Å². The number of halogens is 1. The van der Waals surface area contributed by atoms with E-state index in [0.717, 1.165) is 0 Å². The zero-order chi connectivity index (χ0) is 13.8. The molecule has 0 saturated carbocycles. The lowest BCUT2D eigenvalue weighted by molar-refractivity contribution is -0.123. The van der Waals surface area contributed by atoms with Crippen LogP contribution in [0.15, 0.2) is 24.3 Å². The Bertz CT molecular complexity index is 520. The van der Waals surface area contributed by atoms with Crippen LogP contribution in [0.2, 0.25) is 5.02 Å². The van der Waals surface area contributed by atoms with E-state index in [9.17, 15) is 9.59 Å². The predicted octanol–water partition coefficient (Wildman–Crippen LogP) is 1.93. The van der Waals surface area contributed by atoms with Crippen molar-refractivity contribution < 1.29 is 9.59 Å². The Kier molecular flexibility index (Phi) is 4.79. The van der Waals surface area contributed by atoms with Gasteiger partial charge in [0.25, 0.3) is 5.91 Å². The van der Waals surface area contributed by atoms with E-state index in [-0.39, 0.29) is 11.8 Å². The largest absolute Gasteiger partial charge is 0.350 e. The molecule has 1 heterocycles. The van der Waals surface area contributed by atoms with Crippen LogP contribution in [-0.4, -0.2) is 39.9 Å². The predicted molar refractivity (Wildman–Crippen MR) is 80.6 cm³/mol. The molecule has 1 aliphatic heterocycles. The van der Waals surface area contributed by atoms with Crippen molar-refractivity contribution in [3.63, 3.8) is 0 Å². The number of nitrogens with one attached hydrogen (secondary N) is 1. The number of nitrogens with zero attached hydrogens (tertiary/aromatic N) is 1. The van der Waals surface area contributed by atoms with Gasteiger partial charge in [-0.25, -0.2) is 0 Å². The van der Waals surface area contributed by atoms with Gasteiger partial charge in [0.1, 0.15) is 4.32 Å². The van der Waals surface area contributed by atoms with Crippen molar-refractivity contribution in [1.82, 2.24) is 10.2 Å². The molecule has 19 heavy (non-hydrogen) atoms. The number of rotatable bonds is 4. The average molecular weight is 315 g/mol. The minimum atomic E-state index is -0.215. The summed E-state index contributed by atoms with van der Waals surface area (Å²) >= 11 is 12.2. The van der Waals surface area contributed by atoms with Gasteiger partial charge in [-0.15, -0.1) is 0 Å². The van der Waals surface area contributed by atoms with E-state index in [4.69, 9.17) is 23.8 Å². The van der Waals surface area contributed by atoms with Crippen molar-refractivity contribution in [2.24, 2.45) is 0 Å². The fourth-order valence-corrected chi connectivity index (χ4v) is 2.92. The third-order valence-corrected chi connectivity index (χ3v) is 4.22. The van der Waals surface area contributed by atoms with Gasteiger partial charge >= 0.3 is 0 Å². The first-order valence-corrected chi connectivity index (χ1v) is 7.36. The lowest BCUT2D eigenvalue weighted by Crippen LogP contribution is -2.37. The van der Waals surface area contributed by atoms with Gasteiger partial charge < -0.3 is 5.32 Å². The van der Waals surface area contributed by atoms with Crippen LogP contribution < -0.4 is 5.32 Å². The van der Waals surface area contributed by atoms with Crippen LogP contribution in [-0.2, 0) is 4.79 Å². The SMILES string of the molecule is O=C(NCCN1C(=O)CSC1=S)c1cccc(Cl)c1. The molecule has 0 bridgehead atoms. The Morgan fingerprint density at radius 1 is 1.53 bits per heavy atom. The van der Waals surface area contributed by atoms with Crippen molar-refractivity contribution in [3.05, 3.63) is 34.9 Å². The van der Waals surface area contributed by atoms with Gasteiger partial charge in [-0.3, -0.25) is 14.5 Å². The molecule has 0 aliphatic carbocycles. The van der Waals surface area contributed by atoms with Crippen LogP contribution in [0.1, 0.15) is 10.4 Å². The molecule has 1 fully saturated rings. The van der Waals surface area contributed by atoms with Gasteiger partial charge in [-0.2, -0.15) is 0 Å². The number of hydrogen-bond donors (Lipinski definition) is 1. The number of thiocarbonyl (C=S) groups is 1. The second kappa shape index (κ2) is 6.36. The average Bonchev–Trinajstić information content (AvgIpc) is 2.70. The highest BCUT2D eigenvalue weighted by molar-refractivity contribution is 8.23. The molecular weight excluding hydrogens is 304 g/mol. The lowest BCUT2D eigenvalue weighted by atomic mass is 10.2. The van der Waals surface area contributed by atoms with Crippen molar-refractivity contribution in [3.8, 4) is 0 Å². The Morgan fingerprint density at radius 3 is 2.95 bits per heavy atom. The van der Waals surface area contributed by atoms with Crippen LogP contribution in [0.4, 0.5) is 0 Å². The number of carbonyl (C=O) groups is 2. The maximum absolute atomic E-state index is 11.8. The van der Waals surface area contributed by atoms with Crippen molar-refractivity contribution in [2.75, 3.05) is 18.8 Å². The molecule has 0 aromatic heterocycles. The minimum Gasteiger partial charge on any atom is -0.350 e. The van der Waals surface area contributed by atoms with Crippen LogP contribution >= 0.6 is 35.6 Å². The summed E-state index contributed by atoms with van der Waals surface area (Å²) in [7, 11) is 0. The van der Waals surface area contributed by atoms with Gasteiger partial charge in [0.05, 0.1) is 5.75 Å². The van der Waals surface area contributed by atoms with E-state index in [1.165, 1.54) is 16.7 Å². The lowest BCUT2D eigenvalue weighted by Gasteiger charge is -2.15. The molecule has 1 aromatic carbocycles. The molecule has 2 amide bonds. The van der Waals surface area contributed by atoms with Gasteiger partial charge in [-0.1, -0.05) is 41.6 Å². The first-order valence-electron chi connectivity index (χ1n) is 5.59. The van der Waals surface area contributed by atoms with Crippen molar-refractivity contribution in [1.29, 1.82) is 0 Å². The number of benzene rings is 1. The fraction of sp³-hybridized carbons (Fsp3) is 0.250. The van der Waals surface area contributed by atoms with Crippen molar-refractivity contribution >= 4 is 51.7 Å². The topological polar surface area (TPSA) is 49.4 Å². The first-order chi connectivity index (χ1) is 9.08. The summed E-state index contributed by atoms with van der Waals surface area (Å²) in [5, 5.41) is 3.25. The third-order valence-electron chi connectivity index (χ3n) is 2.55. The molecule has 4 nitrogen and oxygen atoms in total. The Labute approximate surface area is 125 Å². The van der Waals surface area contributed by atoms with Crippen LogP contribution in [0.3, 0.4) is 0 Å². The molecule has 100 valence electrons. The molecule has 0 unspecified atom stereocenters. The monoisotopic (exact) mass is 314 g/mol. The summed E-state index contributed by atoms with van der Waals surface area (Å²) in [6, 6.07) is 6.70. The second-order valence-corrected chi connectivity index (χ2v) is 5.91. The molecule has 1 aliphatic rings. The zero-order valence-electron chi connectivity index (χ0n) is 9.89. The number of thioether (sulfide) groups is 1. The molecule has 0 atom stereocenters. The molecule has 1 aromatic rings. The summed E-state index contributed by atoms with van der Waals surface area (Å²) in [5.41, 5.74) is 0.497. The van der Waals surface area contributed by atoms with E-state index >= 15 is 0 Å². The van der Waals surface area contributed by atoms with E-state index in [0.29, 0.717) is 33.7 Å². The van der Waals surface area contributed by atoms with Crippen molar-refractivity contribution in [2.45, 2.75) is 0 Å². The van der Waals surface area contributed by atoms with Gasteiger partial charge in [0.15, 0.2) is 0 Å². The third kappa shape index (κ3) is 3.68. The number of hydrogen-bond acceptors (Lipinski definition) is 4. The summed E-state index contributed by atoms with van der Waals surface area (Å²) < 4.78 is 0.571. The normalized spacial score (nSPS) is 14.9. The second-order valence-electron chi connectivity index (χ2n) is 3.87. The molecule has 1 saturated heterocycles. The number of amides is 2. The highest BCUT2D eigenvalue weighted by Crippen LogP contribution is 2.18. The highest BCUT2D eigenvalue weighted by atomic mass is 35.5. The maximum Gasteiger partial charge on any atom is 0.251 e. The molecule has 1 N–H and O–H groups in total. The molecular formula is C12H11ClN2O2S2. The smallest absolute Gasteiger partial charge is 0.251 e. The summed E-state index contributed by atoms with van der Waals surface area (Å²) in [5.74, 6) is 0.167. The van der Waals surface area contributed by atoms with Crippen LogP contribution in [0.5, 0.6) is 0 Å². The van der Waals surface area contributed by atoms with Gasteiger partial charge in [0.2, 0.25) is 5.91 Å². The maximum atomic E-state index is 11.8. The Balaban J connectivity index is 1.84. The zero-order valence-corrected chi connectivity index (χ0v) is 12.3. The quantitative estimate of drug-likeness (QED) is 0.863. The summed E-state index contributed by atoms with van der Waals surface area (Å²) in [6.45, 7) is 0.759. The van der Waals surface area contributed by atoms with E-state index in [2.05, 4.69) is 5.32 Å². The first kappa shape index (κ1) is 14.3. The summed E-state index contributed by atoms with van der Waals surface area (Å²) in [6.07, 6.45) is 0. The Morgan fingerprint density at radius 2 is 2.32 bits per heavy atom. The fourth-order valence-electron chi connectivity index (χ4n) is 1.61. The van der Waals surface area contributed by atoms with Gasteiger partial charge in [0, 0.05) is 23.7 Å². The molecule has 0 radical (unpaired) electrons. The van der Waals surface area contributed by atoms with E-state index < -0.39 is 0 Å². The van der Waals surface area contributed by atoms with E-state index in [1.54, 1.807) is 24.3 Å². The Hall–Kier alpha value is -1.11. The molecule has 7 heteroatoms. The standard InChI is InChI=1S/C12H11ClN2O2S2/c13-9-3-1-2-8(6-9)11(17)14-4-5-15-10(16)7-19-12(15)18/h1-3,6H,4-5,7H2,(H,14,17). The minimum absolute atomic E-state index is 0.00740. The molecule has 2 rings (SSSR count). The highest BCUT2D eigenvalue weighted by Gasteiger charge is 2.25. The van der Waals surface area contributed by atoms with Crippen LogP contribution in [0.25, 0.3) is 0 Å². The summed E-state index contributed by atoms with van der Waals surface area (Å²) in [4.78, 5) is 24.8. The van der Waals surface area contributed by atoms with E-state index in [1.807, 2.05) is 0 Å².